The summed E-state index contributed by atoms with van der Waals surface area (Å²) in [5.74, 6) is 0.263. The maximum Gasteiger partial charge on any atom is 0.283 e. The molecule has 0 saturated heterocycles. The molecule has 1 rings (SSSR count). The predicted molar refractivity (Wildman–Crippen MR) is 83.7 cm³/mol. The number of hydrogen-bond donors (Lipinski definition) is 0. The molecule has 0 N–H and O–H groups in total. The number of nitro benzene ring substituents is 1. The van der Waals surface area contributed by atoms with Gasteiger partial charge in [0, 0.05) is 24.2 Å². The summed E-state index contributed by atoms with van der Waals surface area (Å²) in [5, 5.41) is 11.4. The van der Waals surface area contributed by atoms with Crippen molar-refractivity contribution >= 4 is 23.2 Å². The van der Waals surface area contributed by atoms with Gasteiger partial charge in [-0.2, -0.15) is 0 Å². The first-order chi connectivity index (χ1) is 9.72. The van der Waals surface area contributed by atoms with Crippen LogP contribution in [0.5, 0.6) is 0 Å². The highest BCUT2D eigenvalue weighted by molar-refractivity contribution is 6.31. The molecule has 5 nitrogen and oxygen atoms in total. The van der Waals surface area contributed by atoms with Crippen molar-refractivity contribution in [3.8, 4) is 0 Å². The van der Waals surface area contributed by atoms with Crippen molar-refractivity contribution in [1.29, 1.82) is 0 Å². The van der Waals surface area contributed by atoms with Gasteiger partial charge < -0.3 is 4.90 Å². The van der Waals surface area contributed by atoms with E-state index in [1.54, 1.807) is 4.90 Å². The van der Waals surface area contributed by atoms with E-state index in [0.717, 1.165) is 0 Å². The third-order valence-corrected chi connectivity index (χ3v) is 3.08. The standard InChI is InChI=1S/C15H21ClN2O3/c1-10(2)8-17(9-11(3)4)15(19)13-6-5-12(16)7-14(13)18(20)21/h5-7,10-11H,8-9H2,1-4H3. The van der Waals surface area contributed by atoms with E-state index in [-0.39, 0.29) is 22.2 Å². The van der Waals surface area contributed by atoms with Gasteiger partial charge in [0.2, 0.25) is 0 Å². The minimum atomic E-state index is -0.567. The van der Waals surface area contributed by atoms with Gasteiger partial charge in [0.15, 0.2) is 0 Å². The molecule has 0 radical (unpaired) electrons. The van der Waals surface area contributed by atoms with Crippen molar-refractivity contribution in [2.45, 2.75) is 27.7 Å². The Bertz CT molecular complexity index is 520. The van der Waals surface area contributed by atoms with Crippen molar-refractivity contribution < 1.29 is 9.72 Å². The molecule has 0 fully saturated rings. The number of amides is 1. The molecule has 116 valence electrons. The van der Waals surface area contributed by atoms with E-state index in [9.17, 15) is 14.9 Å². The minimum Gasteiger partial charge on any atom is -0.338 e. The van der Waals surface area contributed by atoms with E-state index in [1.165, 1.54) is 18.2 Å². The largest absolute Gasteiger partial charge is 0.338 e. The number of rotatable bonds is 6. The summed E-state index contributed by atoms with van der Waals surface area (Å²) in [5.41, 5.74) is -0.157. The number of hydrogen-bond acceptors (Lipinski definition) is 3. The van der Waals surface area contributed by atoms with Crippen LogP contribution in [0.25, 0.3) is 0 Å². The Morgan fingerprint density at radius 3 is 2.19 bits per heavy atom. The van der Waals surface area contributed by atoms with E-state index in [0.29, 0.717) is 24.9 Å². The molecule has 6 heteroatoms. The van der Waals surface area contributed by atoms with Gasteiger partial charge in [-0.25, -0.2) is 0 Å². The van der Waals surface area contributed by atoms with Gasteiger partial charge >= 0.3 is 0 Å². The summed E-state index contributed by atoms with van der Waals surface area (Å²) in [6.45, 7) is 9.18. The number of halogens is 1. The third-order valence-electron chi connectivity index (χ3n) is 2.85. The Kier molecular flexibility index (Phi) is 6.15. The molecular weight excluding hydrogens is 292 g/mol. The van der Waals surface area contributed by atoms with Crippen LogP contribution in [0.3, 0.4) is 0 Å². The molecule has 21 heavy (non-hydrogen) atoms. The van der Waals surface area contributed by atoms with E-state index in [1.807, 2.05) is 27.7 Å². The molecule has 0 atom stereocenters. The summed E-state index contributed by atoms with van der Waals surface area (Å²) in [7, 11) is 0. The van der Waals surface area contributed by atoms with Crippen LogP contribution < -0.4 is 0 Å². The first-order valence-electron chi connectivity index (χ1n) is 6.95. The van der Waals surface area contributed by atoms with Gasteiger partial charge in [-0.05, 0) is 24.0 Å². The van der Waals surface area contributed by atoms with E-state index < -0.39 is 4.92 Å². The average Bonchev–Trinajstić information content (AvgIpc) is 2.35. The summed E-state index contributed by atoms with van der Waals surface area (Å²) in [4.78, 5) is 24.9. The fraction of sp³-hybridized carbons (Fsp3) is 0.533. The Morgan fingerprint density at radius 2 is 1.76 bits per heavy atom. The first kappa shape index (κ1) is 17.4. The second kappa shape index (κ2) is 7.41. The van der Waals surface area contributed by atoms with Crippen LogP contribution in [0.4, 0.5) is 5.69 Å². The van der Waals surface area contributed by atoms with Crippen molar-refractivity contribution in [3.63, 3.8) is 0 Å². The highest BCUT2D eigenvalue weighted by atomic mass is 35.5. The topological polar surface area (TPSA) is 63.5 Å². The van der Waals surface area contributed by atoms with Crippen LogP contribution in [0.15, 0.2) is 18.2 Å². The normalized spacial score (nSPS) is 11.0. The Labute approximate surface area is 130 Å². The van der Waals surface area contributed by atoms with E-state index >= 15 is 0 Å². The number of carbonyl (C=O) groups excluding carboxylic acids is 1. The highest BCUT2D eigenvalue weighted by Gasteiger charge is 2.25. The van der Waals surface area contributed by atoms with Crippen molar-refractivity contribution in [2.24, 2.45) is 11.8 Å². The molecule has 1 aromatic rings. The molecule has 0 saturated carbocycles. The number of nitro groups is 1. The SMILES string of the molecule is CC(C)CN(CC(C)C)C(=O)c1ccc(Cl)cc1[N+](=O)[O-]. The summed E-state index contributed by atoms with van der Waals surface area (Å²) < 4.78 is 0. The van der Waals surface area contributed by atoms with E-state index in [2.05, 4.69) is 0 Å². The number of nitrogens with zero attached hydrogens (tertiary/aromatic N) is 2. The smallest absolute Gasteiger partial charge is 0.283 e. The first-order valence-corrected chi connectivity index (χ1v) is 7.33. The summed E-state index contributed by atoms with van der Waals surface area (Å²) in [6.07, 6.45) is 0. The zero-order chi connectivity index (χ0) is 16.2. The molecule has 1 aromatic carbocycles. The lowest BCUT2D eigenvalue weighted by molar-refractivity contribution is -0.385. The van der Waals surface area contributed by atoms with Gasteiger partial charge in [-0.15, -0.1) is 0 Å². The second-order valence-electron chi connectivity index (χ2n) is 5.92. The van der Waals surface area contributed by atoms with Gasteiger partial charge in [-0.3, -0.25) is 14.9 Å². The van der Waals surface area contributed by atoms with Crippen LogP contribution in [-0.4, -0.2) is 28.8 Å². The molecule has 0 bridgehead atoms. The maximum atomic E-state index is 12.6. The zero-order valence-electron chi connectivity index (χ0n) is 12.8. The third kappa shape index (κ3) is 5.01. The lowest BCUT2D eigenvalue weighted by Crippen LogP contribution is -2.37. The number of benzene rings is 1. The lowest BCUT2D eigenvalue weighted by atomic mass is 10.1. The van der Waals surface area contributed by atoms with Crippen molar-refractivity contribution in [3.05, 3.63) is 38.9 Å². The monoisotopic (exact) mass is 312 g/mol. The molecule has 0 aliphatic heterocycles. The molecule has 0 aliphatic rings. The lowest BCUT2D eigenvalue weighted by Gasteiger charge is -2.26. The Morgan fingerprint density at radius 1 is 1.24 bits per heavy atom. The Hall–Kier alpha value is -1.62. The molecule has 0 heterocycles. The zero-order valence-corrected chi connectivity index (χ0v) is 13.6. The van der Waals surface area contributed by atoms with Crippen LogP contribution in [0.1, 0.15) is 38.1 Å². The molecule has 0 aromatic heterocycles. The van der Waals surface area contributed by atoms with Crippen LogP contribution in [0.2, 0.25) is 5.02 Å². The predicted octanol–water partition coefficient (Wildman–Crippen LogP) is 4.00. The van der Waals surface area contributed by atoms with E-state index in [4.69, 9.17) is 11.6 Å². The van der Waals surface area contributed by atoms with Crippen molar-refractivity contribution in [2.75, 3.05) is 13.1 Å². The molecule has 0 unspecified atom stereocenters. The Balaban J connectivity index is 3.16. The van der Waals surface area contributed by atoms with Crippen molar-refractivity contribution in [1.82, 2.24) is 4.90 Å². The van der Waals surface area contributed by atoms with Gasteiger partial charge in [0.25, 0.3) is 11.6 Å². The van der Waals surface area contributed by atoms with Crippen LogP contribution in [0, 0.1) is 22.0 Å². The molecule has 1 amide bonds. The minimum absolute atomic E-state index is 0.0886. The summed E-state index contributed by atoms with van der Waals surface area (Å²) >= 11 is 5.78. The van der Waals surface area contributed by atoms with Gasteiger partial charge in [0.05, 0.1) is 4.92 Å². The highest BCUT2D eigenvalue weighted by Crippen LogP contribution is 2.25. The molecular formula is C15H21ClN2O3. The fourth-order valence-electron chi connectivity index (χ4n) is 2.13. The molecule has 0 spiro atoms. The van der Waals surface area contributed by atoms with Gasteiger partial charge in [0.1, 0.15) is 5.56 Å². The molecule has 0 aliphatic carbocycles. The number of carbonyl (C=O) groups is 1. The quantitative estimate of drug-likeness (QED) is 0.589. The second-order valence-corrected chi connectivity index (χ2v) is 6.35. The van der Waals surface area contributed by atoms with Crippen LogP contribution >= 0.6 is 11.6 Å². The maximum absolute atomic E-state index is 12.6. The van der Waals surface area contributed by atoms with Crippen LogP contribution in [-0.2, 0) is 0 Å². The summed E-state index contributed by atoms with van der Waals surface area (Å²) in [6, 6.07) is 4.15. The fourth-order valence-corrected chi connectivity index (χ4v) is 2.30. The average molecular weight is 313 g/mol. The van der Waals surface area contributed by atoms with Gasteiger partial charge in [-0.1, -0.05) is 39.3 Å².